The second kappa shape index (κ2) is 6.76. The molecule has 0 aliphatic carbocycles. The van der Waals surface area contributed by atoms with E-state index in [2.05, 4.69) is 0 Å². The van der Waals surface area contributed by atoms with Gasteiger partial charge in [-0.25, -0.2) is 8.42 Å². The Balaban J connectivity index is 2.02. The first-order chi connectivity index (χ1) is 12.7. The molecule has 1 heterocycles. The first kappa shape index (κ1) is 18.5. The number of hydrogen-bond acceptors (Lipinski definition) is 6. The highest BCUT2D eigenvalue weighted by Gasteiger charge is 2.23. The fourth-order valence-corrected chi connectivity index (χ4v) is 3.84. The van der Waals surface area contributed by atoms with E-state index in [-0.39, 0.29) is 16.4 Å². The fraction of sp³-hybridized carbons (Fsp3) is 0.111. The number of nitro groups is 1. The number of aryl methyl sites for hydroxylation is 1. The lowest BCUT2D eigenvalue weighted by molar-refractivity contribution is -0.401. The highest BCUT2D eigenvalue weighted by molar-refractivity contribution is 7.92. The Kier molecular flexibility index (Phi) is 4.63. The van der Waals surface area contributed by atoms with Crippen LogP contribution in [0.2, 0.25) is 0 Å². The zero-order valence-electron chi connectivity index (χ0n) is 14.5. The molecule has 8 nitrogen and oxygen atoms in total. The molecule has 0 amide bonds. The van der Waals surface area contributed by atoms with Crippen molar-refractivity contribution in [2.45, 2.75) is 11.8 Å². The predicted molar refractivity (Wildman–Crippen MR) is 99.2 cm³/mol. The van der Waals surface area contributed by atoms with Gasteiger partial charge in [0.25, 0.3) is 10.0 Å². The monoisotopic (exact) mass is 388 g/mol. The topological polar surface area (TPSA) is 114 Å². The Bertz CT molecular complexity index is 1100. The fourth-order valence-electron chi connectivity index (χ4n) is 2.59. The van der Waals surface area contributed by atoms with Crippen LogP contribution in [0.3, 0.4) is 0 Å². The summed E-state index contributed by atoms with van der Waals surface area (Å²) >= 11 is 0. The van der Waals surface area contributed by atoms with Crippen LogP contribution < -0.4 is 4.31 Å². The van der Waals surface area contributed by atoms with Crippen molar-refractivity contribution in [1.29, 1.82) is 0 Å². The van der Waals surface area contributed by atoms with Crippen LogP contribution in [0.15, 0.2) is 63.9 Å². The Labute approximate surface area is 155 Å². The molecular formula is C18H16N2O6S. The van der Waals surface area contributed by atoms with E-state index in [1.165, 1.54) is 43.4 Å². The molecule has 27 heavy (non-hydrogen) atoms. The minimum atomic E-state index is -3.86. The summed E-state index contributed by atoms with van der Waals surface area (Å²) in [5.41, 5.74) is 1.61. The van der Waals surface area contributed by atoms with Crippen molar-refractivity contribution in [3.05, 3.63) is 70.3 Å². The third-order valence-corrected chi connectivity index (χ3v) is 5.89. The van der Waals surface area contributed by atoms with E-state index in [0.717, 1.165) is 4.31 Å². The Hall–Kier alpha value is -3.33. The first-order valence-corrected chi connectivity index (χ1v) is 9.27. The van der Waals surface area contributed by atoms with Crippen molar-refractivity contribution in [3.63, 3.8) is 0 Å². The summed E-state index contributed by atoms with van der Waals surface area (Å²) in [5, 5.41) is 20.2. The van der Waals surface area contributed by atoms with Crippen molar-refractivity contribution in [1.82, 2.24) is 0 Å². The molecule has 0 bridgehead atoms. The van der Waals surface area contributed by atoms with Gasteiger partial charge in [-0.2, -0.15) is 0 Å². The summed E-state index contributed by atoms with van der Waals surface area (Å²) in [6, 6.07) is 12.9. The van der Waals surface area contributed by atoms with Gasteiger partial charge in [-0.05, 0) is 48.9 Å². The number of anilines is 1. The standard InChI is InChI=1S/C18H16N2O6S/c1-12-3-4-13(17-9-10-18(26-17)20(22)23)11-16(12)19(2)27(24,25)15-7-5-14(21)6-8-15/h3-11,21H,1-2H3. The highest BCUT2D eigenvalue weighted by Crippen LogP contribution is 2.32. The van der Waals surface area contributed by atoms with Gasteiger partial charge in [0.05, 0.1) is 16.6 Å². The molecule has 9 heteroatoms. The Morgan fingerprint density at radius 2 is 1.74 bits per heavy atom. The van der Waals surface area contributed by atoms with Crippen LogP contribution in [0, 0.1) is 17.0 Å². The molecule has 2 aromatic carbocycles. The average molecular weight is 388 g/mol. The van der Waals surface area contributed by atoms with Crippen LogP contribution in [-0.2, 0) is 10.0 Å². The summed E-state index contributed by atoms with van der Waals surface area (Å²) in [6.45, 7) is 1.76. The Morgan fingerprint density at radius 1 is 1.07 bits per heavy atom. The second-order valence-corrected chi connectivity index (χ2v) is 7.83. The molecule has 0 saturated carbocycles. The summed E-state index contributed by atoms with van der Waals surface area (Å²) < 4.78 is 32.1. The maximum Gasteiger partial charge on any atom is 0.433 e. The molecule has 0 saturated heterocycles. The van der Waals surface area contributed by atoms with Crippen LogP contribution in [0.4, 0.5) is 11.6 Å². The summed E-state index contributed by atoms with van der Waals surface area (Å²) in [4.78, 5) is 10.2. The second-order valence-electron chi connectivity index (χ2n) is 5.86. The highest BCUT2D eigenvalue weighted by atomic mass is 32.2. The number of sulfonamides is 1. The van der Waals surface area contributed by atoms with Gasteiger partial charge in [-0.15, -0.1) is 0 Å². The molecule has 140 valence electrons. The molecule has 1 N–H and O–H groups in total. The van der Waals surface area contributed by atoms with Crippen LogP contribution in [0.25, 0.3) is 11.3 Å². The Morgan fingerprint density at radius 3 is 2.33 bits per heavy atom. The molecule has 0 spiro atoms. The summed E-state index contributed by atoms with van der Waals surface area (Å²) in [5.74, 6) is -0.162. The largest absolute Gasteiger partial charge is 0.508 e. The minimum absolute atomic E-state index is 0.0289. The number of rotatable bonds is 5. The maximum absolute atomic E-state index is 12.9. The van der Waals surface area contributed by atoms with Gasteiger partial charge in [0.1, 0.15) is 16.4 Å². The molecule has 3 aromatic rings. The van der Waals surface area contributed by atoms with E-state index in [1.54, 1.807) is 25.1 Å². The maximum atomic E-state index is 12.9. The van der Waals surface area contributed by atoms with Gasteiger partial charge < -0.3 is 9.52 Å². The van der Waals surface area contributed by atoms with Crippen molar-refractivity contribution in [3.8, 4) is 17.1 Å². The van der Waals surface area contributed by atoms with Crippen LogP contribution in [0.1, 0.15) is 5.56 Å². The lowest BCUT2D eigenvalue weighted by Crippen LogP contribution is -2.27. The van der Waals surface area contributed by atoms with E-state index in [1.807, 2.05) is 0 Å². The van der Waals surface area contributed by atoms with Crippen LogP contribution in [0.5, 0.6) is 5.75 Å². The lowest BCUT2D eigenvalue weighted by atomic mass is 10.1. The third kappa shape index (κ3) is 3.49. The van der Waals surface area contributed by atoms with E-state index in [4.69, 9.17) is 4.42 Å². The normalized spacial score (nSPS) is 11.3. The number of nitrogens with zero attached hydrogens (tertiary/aromatic N) is 2. The number of hydrogen-bond donors (Lipinski definition) is 1. The van der Waals surface area contributed by atoms with Crippen LogP contribution in [-0.4, -0.2) is 25.5 Å². The van der Waals surface area contributed by atoms with Crippen molar-refractivity contribution in [2.75, 3.05) is 11.4 Å². The quantitative estimate of drug-likeness (QED) is 0.527. The molecule has 0 unspecified atom stereocenters. The predicted octanol–water partition coefficient (Wildman–Crippen LogP) is 3.69. The van der Waals surface area contributed by atoms with Gasteiger partial charge in [0.15, 0.2) is 0 Å². The van der Waals surface area contributed by atoms with Gasteiger partial charge >= 0.3 is 5.88 Å². The molecule has 3 rings (SSSR count). The van der Waals surface area contributed by atoms with Gasteiger partial charge in [0, 0.05) is 12.6 Å². The zero-order chi connectivity index (χ0) is 19.8. The molecule has 0 fully saturated rings. The first-order valence-electron chi connectivity index (χ1n) is 7.83. The molecule has 1 aromatic heterocycles. The molecule has 0 atom stereocenters. The van der Waals surface area contributed by atoms with Crippen LogP contribution >= 0.6 is 0 Å². The molecule has 0 aliphatic rings. The van der Waals surface area contributed by atoms with Crippen molar-refractivity contribution < 1.29 is 22.9 Å². The summed E-state index contributed by atoms with van der Waals surface area (Å²) in [7, 11) is -2.44. The van der Waals surface area contributed by atoms with Crippen molar-refractivity contribution >= 4 is 21.6 Å². The molecule has 0 aliphatic heterocycles. The van der Waals surface area contributed by atoms with Gasteiger partial charge in [0.2, 0.25) is 0 Å². The van der Waals surface area contributed by atoms with Gasteiger partial charge in [-0.1, -0.05) is 12.1 Å². The number of phenolic OH excluding ortho intramolecular Hbond substituents is 1. The number of benzene rings is 2. The van der Waals surface area contributed by atoms with E-state index in [9.17, 15) is 23.6 Å². The number of furan rings is 1. The number of aromatic hydroxyl groups is 1. The molecule has 0 radical (unpaired) electrons. The smallest absolute Gasteiger partial charge is 0.433 e. The van der Waals surface area contributed by atoms with E-state index in [0.29, 0.717) is 16.8 Å². The minimum Gasteiger partial charge on any atom is -0.508 e. The lowest BCUT2D eigenvalue weighted by Gasteiger charge is -2.22. The molecular weight excluding hydrogens is 372 g/mol. The van der Waals surface area contributed by atoms with Gasteiger partial charge in [-0.3, -0.25) is 14.4 Å². The summed E-state index contributed by atoms with van der Waals surface area (Å²) in [6.07, 6.45) is 0. The average Bonchev–Trinajstić information content (AvgIpc) is 3.12. The third-order valence-electron chi connectivity index (χ3n) is 4.10. The zero-order valence-corrected chi connectivity index (χ0v) is 15.3. The van der Waals surface area contributed by atoms with E-state index >= 15 is 0 Å². The van der Waals surface area contributed by atoms with E-state index < -0.39 is 20.8 Å². The SMILES string of the molecule is Cc1ccc(-c2ccc([N+](=O)[O-])o2)cc1N(C)S(=O)(=O)c1ccc(O)cc1. The van der Waals surface area contributed by atoms with Crippen molar-refractivity contribution in [2.24, 2.45) is 0 Å². The number of phenols is 1.